The molecule has 0 unspecified atom stereocenters. The third-order valence-corrected chi connectivity index (χ3v) is 2.77. The first-order valence-electron chi connectivity index (χ1n) is 6.00. The van der Waals surface area contributed by atoms with Crippen molar-refractivity contribution in [3.8, 4) is 5.75 Å². The number of aliphatic carboxylic acids is 1. The number of fused-ring (bicyclic) bond motifs is 1. The number of benzene rings is 1. The van der Waals surface area contributed by atoms with E-state index in [9.17, 15) is 14.4 Å². The number of hydrogen-bond donors (Lipinski definition) is 2. The Morgan fingerprint density at radius 2 is 2.20 bits per heavy atom. The molecular weight excluding hydrogens is 264 g/mol. The van der Waals surface area contributed by atoms with Gasteiger partial charge in [0.05, 0.1) is 12.2 Å². The van der Waals surface area contributed by atoms with Crippen LogP contribution in [0.3, 0.4) is 0 Å². The second kappa shape index (κ2) is 5.60. The first-order chi connectivity index (χ1) is 9.45. The summed E-state index contributed by atoms with van der Waals surface area (Å²) in [6, 6.07) is 5.29. The molecule has 1 aromatic carbocycles. The number of nitrogens with zero attached hydrogens (tertiary/aromatic N) is 1. The molecule has 1 amide bonds. The van der Waals surface area contributed by atoms with Crippen molar-refractivity contribution in [3.05, 3.63) is 23.8 Å². The lowest BCUT2D eigenvalue weighted by molar-refractivity contribution is -0.138. The van der Waals surface area contributed by atoms with Gasteiger partial charge in [0.1, 0.15) is 13.1 Å². The van der Waals surface area contributed by atoms with E-state index in [1.807, 2.05) is 13.0 Å². The smallest absolute Gasteiger partial charge is 0.331 e. The van der Waals surface area contributed by atoms with E-state index in [1.165, 1.54) is 0 Å². The van der Waals surface area contributed by atoms with Crippen LogP contribution in [0.15, 0.2) is 18.2 Å². The summed E-state index contributed by atoms with van der Waals surface area (Å²) in [6.45, 7) is 1.30. The topological polar surface area (TPSA) is 95.9 Å². The van der Waals surface area contributed by atoms with E-state index in [0.717, 1.165) is 5.56 Å². The number of nitrogens with one attached hydrogen (secondary N) is 1. The number of amides is 1. The molecule has 0 aromatic heterocycles. The van der Waals surface area contributed by atoms with Crippen molar-refractivity contribution in [2.24, 2.45) is 0 Å². The Kier molecular flexibility index (Phi) is 3.88. The number of carboxylic acid groups (broad SMARTS) is 1. The Balaban J connectivity index is 2.12. The maximum atomic E-state index is 11.6. The normalized spacial score (nSPS) is 13.4. The van der Waals surface area contributed by atoms with Gasteiger partial charge in [-0.3, -0.25) is 9.59 Å². The minimum atomic E-state index is -1.12. The van der Waals surface area contributed by atoms with Gasteiger partial charge in [-0.05, 0) is 24.6 Å². The molecule has 0 bridgehead atoms. The zero-order valence-corrected chi connectivity index (χ0v) is 10.9. The lowest BCUT2D eigenvalue weighted by Gasteiger charge is -2.29. The third-order valence-electron chi connectivity index (χ3n) is 2.77. The molecule has 1 aromatic rings. The van der Waals surface area contributed by atoms with Gasteiger partial charge in [0.25, 0.3) is 0 Å². The number of esters is 1. The average Bonchev–Trinajstić information content (AvgIpc) is 2.37. The quantitative estimate of drug-likeness (QED) is 0.591. The van der Waals surface area contributed by atoms with Crippen molar-refractivity contribution in [3.63, 3.8) is 0 Å². The van der Waals surface area contributed by atoms with Crippen molar-refractivity contribution in [1.82, 2.24) is 5.32 Å². The number of aryl methyl sites for hydroxylation is 1. The van der Waals surface area contributed by atoms with Crippen LogP contribution in [0.5, 0.6) is 5.75 Å². The summed E-state index contributed by atoms with van der Waals surface area (Å²) >= 11 is 0. The van der Waals surface area contributed by atoms with E-state index < -0.39 is 24.4 Å². The summed E-state index contributed by atoms with van der Waals surface area (Å²) in [6.07, 6.45) is 0. The van der Waals surface area contributed by atoms with Gasteiger partial charge in [-0.2, -0.15) is 0 Å². The molecule has 0 radical (unpaired) electrons. The van der Waals surface area contributed by atoms with Gasteiger partial charge in [0.2, 0.25) is 5.91 Å². The van der Waals surface area contributed by atoms with Crippen LogP contribution in [-0.4, -0.2) is 42.6 Å². The molecule has 2 rings (SSSR count). The number of carbonyl (C=O) groups excluding carboxylic acids is 2. The lowest BCUT2D eigenvalue weighted by Crippen LogP contribution is -2.44. The summed E-state index contributed by atoms with van der Waals surface area (Å²) < 4.78 is 5.09. The Hall–Kier alpha value is -2.57. The summed E-state index contributed by atoms with van der Waals surface area (Å²) in [5.74, 6) is -1.63. The average molecular weight is 278 g/mol. The van der Waals surface area contributed by atoms with Gasteiger partial charge in [0.15, 0.2) is 5.75 Å². The number of rotatable bonds is 4. The van der Waals surface area contributed by atoms with E-state index in [1.54, 1.807) is 17.0 Å². The maximum absolute atomic E-state index is 11.6. The largest absolute Gasteiger partial charge is 0.480 e. The molecule has 0 fully saturated rings. The number of hydrogen-bond acceptors (Lipinski definition) is 5. The number of carboxylic acids is 1. The number of anilines is 1. The summed E-state index contributed by atoms with van der Waals surface area (Å²) in [5.41, 5.74) is 1.62. The van der Waals surface area contributed by atoms with Crippen LogP contribution >= 0.6 is 0 Å². The molecule has 2 N–H and O–H groups in total. The third kappa shape index (κ3) is 3.25. The molecule has 7 nitrogen and oxygen atoms in total. The van der Waals surface area contributed by atoms with Gasteiger partial charge in [-0.15, -0.1) is 0 Å². The van der Waals surface area contributed by atoms with E-state index in [4.69, 9.17) is 9.84 Å². The van der Waals surface area contributed by atoms with Crippen LogP contribution in [0.25, 0.3) is 0 Å². The highest BCUT2D eigenvalue weighted by Crippen LogP contribution is 2.32. The zero-order valence-electron chi connectivity index (χ0n) is 10.9. The van der Waals surface area contributed by atoms with Crippen LogP contribution in [-0.2, 0) is 14.4 Å². The Bertz CT molecular complexity index is 570. The van der Waals surface area contributed by atoms with Crippen LogP contribution in [0.2, 0.25) is 0 Å². The fourth-order valence-corrected chi connectivity index (χ4v) is 1.90. The van der Waals surface area contributed by atoms with Gasteiger partial charge < -0.3 is 20.1 Å². The summed E-state index contributed by atoms with van der Waals surface area (Å²) in [7, 11) is 0. The van der Waals surface area contributed by atoms with Crippen molar-refractivity contribution >= 4 is 23.5 Å². The summed E-state index contributed by atoms with van der Waals surface area (Å²) in [4.78, 5) is 35.1. The molecular formula is C13H14N2O5. The maximum Gasteiger partial charge on any atom is 0.331 e. The van der Waals surface area contributed by atoms with E-state index >= 15 is 0 Å². The molecule has 20 heavy (non-hydrogen) atoms. The molecule has 106 valence electrons. The van der Waals surface area contributed by atoms with E-state index in [0.29, 0.717) is 11.4 Å². The molecule has 1 heterocycles. The van der Waals surface area contributed by atoms with Crippen LogP contribution in [0.4, 0.5) is 5.69 Å². The second-order valence-corrected chi connectivity index (χ2v) is 4.47. The zero-order chi connectivity index (χ0) is 14.7. The Morgan fingerprint density at radius 1 is 1.45 bits per heavy atom. The summed E-state index contributed by atoms with van der Waals surface area (Å²) in [5, 5.41) is 10.8. The molecule has 1 aliphatic rings. The van der Waals surface area contributed by atoms with Gasteiger partial charge in [-0.25, -0.2) is 4.79 Å². The van der Waals surface area contributed by atoms with Gasteiger partial charge >= 0.3 is 11.9 Å². The molecule has 1 aliphatic heterocycles. The minimum absolute atomic E-state index is 0.0447. The fraction of sp³-hybridized carbons (Fsp3) is 0.308. The highest BCUT2D eigenvalue weighted by atomic mass is 16.5. The van der Waals surface area contributed by atoms with Crippen molar-refractivity contribution in [2.75, 3.05) is 24.5 Å². The Labute approximate surface area is 115 Å². The van der Waals surface area contributed by atoms with Gasteiger partial charge in [0, 0.05) is 0 Å². The first-order valence-corrected chi connectivity index (χ1v) is 6.00. The molecule has 0 spiro atoms. The van der Waals surface area contributed by atoms with Crippen molar-refractivity contribution in [2.45, 2.75) is 6.92 Å². The molecule has 0 aliphatic carbocycles. The highest BCUT2D eigenvalue weighted by molar-refractivity contribution is 5.90. The second-order valence-electron chi connectivity index (χ2n) is 4.47. The fourth-order valence-electron chi connectivity index (χ4n) is 1.90. The highest BCUT2D eigenvalue weighted by Gasteiger charge is 2.25. The van der Waals surface area contributed by atoms with Crippen molar-refractivity contribution in [1.29, 1.82) is 0 Å². The van der Waals surface area contributed by atoms with Crippen LogP contribution in [0, 0.1) is 6.92 Å². The molecule has 0 saturated carbocycles. The molecule has 7 heteroatoms. The minimum Gasteiger partial charge on any atom is -0.480 e. The van der Waals surface area contributed by atoms with Gasteiger partial charge in [-0.1, -0.05) is 6.07 Å². The first kappa shape index (κ1) is 13.9. The van der Waals surface area contributed by atoms with Crippen LogP contribution in [0.1, 0.15) is 5.56 Å². The van der Waals surface area contributed by atoms with E-state index in [-0.39, 0.29) is 13.1 Å². The number of carbonyl (C=O) groups is 3. The van der Waals surface area contributed by atoms with Crippen molar-refractivity contribution < 1.29 is 24.2 Å². The molecule has 0 atom stereocenters. The van der Waals surface area contributed by atoms with E-state index in [2.05, 4.69) is 5.32 Å². The lowest BCUT2D eigenvalue weighted by atomic mass is 10.1. The number of ether oxygens (including phenoxy) is 1. The predicted octanol–water partition coefficient (Wildman–Crippen LogP) is -0.0788. The predicted molar refractivity (Wildman–Crippen MR) is 69.7 cm³/mol. The SMILES string of the molecule is Cc1ccc2c(c1)N(CC(=O)NCC(=O)O)CC(=O)O2. The van der Waals surface area contributed by atoms with Crippen LogP contribution < -0.4 is 15.0 Å². The molecule has 0 saturated heterocycles. The standard InChI is InChI=1S/C13H14N2O5/c1-8-2-3-10-9(4-8)15(7-13(19)20-10)6-11(16)14-5-12(17)18/h2-4H,5-7H2,1H3,(H,14,16)(H,17,18). The Morgan fingerprint density at radius 3 is 2.90 bits per heavy atom. The monoisotopic (exact) mass is 278 g/mol.